The third kappa shape index (κ3) is 3.93. The highest BCUT2D eigenvalue weighted by atomic mass is 16.4. The molecule has 0 heterocycles. The summed E-state index contributed by atoms with van der Waals surface area (Å²) in [5.74, 6) is -1.51. The molecule has 3 N–H and O–H groups in total. The molecule has 0 saturated carbocycles. The Morgan fingerprint density at radius 2 is 1.88 bits per heavy atom. The van der Waals surface area contributed by atoms with Gasteiger partial charge in [-0.2, -0.15) is 0 Å². The van der Waals surface area contributed by atoms with Crippen LogP contribution in [0, 0.1) is 0 Å². The molecule has 0 bridgehead atoms. The van der Waals surface area contributed by atoms with E-state index in [1.165, 1.54) is 6.08 Å². The smallest absolute Gasteiger partial charge is 0.328 e. The topological polar surface area (TPSA) is 86.6 Å². The van der Waals surface area contributed by atoms with Crippen LogP contribution in [0.5, 0.6) is 0 Å². The number of benzene rings is 1. The number of aliphatic hydroxyl groups excluding tert-OH is 1. The van der Waals surface area contributed by atoms with Gasteiger partial charge in [-0.05, 0) is 23.8 Å². The number of carboxylic acids is 1. The van der Waals surface area contributed by atoms with E-state index in [0.29, 0.717) is 11.3 Å². The van der Waals surface area contributed by atoms with E-state index in [1.807, 2.05) is 0 Å². The van der Waals surface area contributed by atoms with Gasteiger partial charge in [-0.25, -0.2) is 4.79 Å². The lowest BCUT2D eigenvalue weighted by molar-refractivity contribution is -0.131. The fourth-order valence-corrected chi connectivity index (χ4v) is 1.05. The molecule has 0 atom stereocenters. The van der Waals surface area contributed by atoms with E-state index in [9.17, 15) is 9.59 Å². The first-order chi connectivity index (χ1) is 7.61. The number of carbonyl (C=O) groups excluding carboxylic acids is 1. The molecule has 0 aliphatic rings. The Balaban J connectivity index is 2.68. The first-order valence-electron chi connectivity index (χ1n) is 4.53. The number of hydrogen-bond donors (Lipinski definition) is 3. The predicted octanol–water partition coefficient (Wildman–Crippen LogP) is 0.715. The number of aliphatic hydroxyl groups is 1. The van der Waals surface area contributed by atoms with Gasteiger partial charge >= 0.3 is 5.97 Å². The third-order valence-electron chi connectivity index (χ3n) is 1.76. The van der Waals surface area contributed by atoms with Gasteiger partial charge in [-0.3, -0.25) is 4.79 Å². The van der Waals surface area contributed by atoms with Crippen LogP contribution in [0.15, 0.2) is 30.3 Å². The molecule has 1 amide bonds. The summed E-state index contributed by atoms with van der Waals surface area (Å²) in [7, 11) is 0. The van der Waals surface area contributed by atoms with Crippen molar-refractivity contribution in [1.29, 1.82) is 0 Å². The monoisotopic (exact) mass is 221 g/mol. The highest BCUT2D eigenvalue weighted by molar-refractivity contribution is 5.91. The first kappa shape index (κ1) is 11.9. The Labute approximate surface area is 92.0 Å². The third-order valence-corrected chi connectivity index (χ3v) is 1.76. The number of amides is 1. The molecule has 0 unspecified atom stereocenters. The molecule has 16 heavy (non-hydrogen) atoms. The SMILES string of the molecule is O=C(O)/C=C/c1ccc(NC(=O)CO)cc1. The Morgan fingerprint density at radius 1 is 1.25 bits per heavy atom. The second kappa shape index (κ2) is 5.67. The number of aliphatic carboxylic acids is 1. The van der Waals surface area contributed by atoms with Gasteiger partial charge in [0.1, 0.15) is 6.61 Å². The van der Waals surface area contributed by atoms with E-state index in [-0.39, 0.29) is 0 Å². The lowest BCUT2D eigenvalue weighted by atomic mass is 10.2. The summed E-state index contributed by atoms with van der Waals surface area (Å²) in [4.78, 5) is 21.1. The first-order valence-corrected chi connectivity index (χ1v) is 4.53. The summed E-state index contributed by atoms with van der Waals surface area (Å²) in [6.45, 7) is -0.569. The Bertz CT molecular complexity index is 408. The van der Waals surface area contributed by atoms with E-state index in [1.54, 1.807) is 24.3 Å². The minimum Gasteiger partial charge on any atom is -0.478 e. The van der Waals surface area contributed by atoms with Crippen LogP contribution in [-0.4, -0.2) is 28.7 Å². The molecule has 0 spiro atoms. The highest BCUT2D eigenvalue weighted by Gasteiger charge is 1.98. The number of carbonyl (C=O) groups is 2. The van der Waals surface area contributed by atoms with Crippen molar-refractivity contribution in [2.45, 2.75) is 0 Å². The maximum absolute atomic E-state index is 10.8. The van der Waals surface area contributed by atoms with Crippen LogP contribution >= 0.6 is 0 Å². The Morgan fingerprint density at radius 3 is 2.38 bits per heavy atom. The summed E-state index contributed by atoms with van der Waals surface area (Å²) in [6, 6.07) is 6.56. The Hall–Kier alpha value is -2.14. The molecule has 0 saturated heterocycles. The highest BCUT2D eigenvalue weighted by Crippen LogP contribution is 2.10. The lowest BCUT2D eigenvalue weighted by Crippen LogP contribution is -2.15. The molecule has 0 fully saturated rings. The van der Waals surface area contributed by atoms with E-state index in [2.05, 4.69) is 5.32 Å². The zero-order valence-electron chi connectivity index (χ0n) is 8.38. The van der Waals surface area contributed by atoms with Crippen molar-refractivity contribution in [2.75, 3.05) is 11.9 Å². The number of hydrogen-bond acceptors (Lipinski definition) is 3. The van der Waals surface area contributed by atoms with Crippen molar-refractivity contribution in [3.05, 3.63) is 35.9 Å². The maximum Gasteiger partial charge on any atom is 0.328 e. The van der Waals surface area contributed by atoms with Crippen LogP contribution in [0.2, 0.25) is 0 Å². The molecule has 84 valence electrons. The fourth-order valence-electron chi connectivity index (χ4n) is 1.05. The van der Waals surface area contributed by atoms with E-state index >= 15 is 0 Å². The number of rotatable bonds is 4. The van der Waals surface area contributed by atoms with Gasteiger partial charge in [0, 0.05) is 11.8 Å². The summed E-state index contributed by atoms with van der Waals surface area (Å²) in [5, 5.41) is 19.4. The van der Waals surface area contributed by atoms with E-state index in [4.69, 9.17) is 10.2 Å². The van der Waals surface area contributed by atoms with E-state index in [0.717, 1.165) is 6.08 Å². The van der Waals surface area contributed by atoms with Crippen LogP contribution in [0.1, 0.15) is 5.56 Å². The fraction of sp³-hybridized carbons (Fsp3) is 0.0909. The molecule has 0 aliphatic carbocycles. The van der Waals surface area contributed by atoms with Crippen LogP contribution in [0.3, 0.4) is 0 Å². The quantitative estimate of drug-likeness (QED) is 0.654. The zero-order chi connectivity index (χ0) is 12.0. The van der Waals surface area contributed by atoms with Crippen molar-refractivity contribution >= 4 is 23.6 Å². The van der Waals surface area contributed by atoms with Crippen LogP contribution in [0.4, 0.5) is 5.69 Å². The number of anilines is 1. The molecule has 1 aromatic rings. The average Bonchev–Trinajstić information content (AvgIpc) is 2.28. The molecule has 1 aromatic carbocycles. The van der Waals surface area contributed by atoms with Crippen molar-refractivity contribution in [3.63, 3.8) is 0 Å². The molecule has 0 aliphatic heterocycles. The van der Waals surface area contributed by atoms with Gasteiger partial charge in [0.15, 0.2) is 0 Å². The molecule has 1 rings (SSSR count). The minimum absolute atomic E-state index is 0.492. The van der Waals surface area contributed by atoms with Gasteiger partial charge in [-0.1, -0.05) is 12.1 Å². The van der Waals surface area contributed by atoms with E-state index < -0.39 is 18.5 Å². The number of carboxylic acid groups (broad SMARTS) is 1. The van der Waals surface area contributed by atoms with Gasteiger partial charge in [0.25, 0.3) is 0 Å². The van der Waals surface area contributed by atoms with Gasteiger partial charge in [0.2, 0.25) is 5.91 Å². The average molecular weight is 221 g/mol. The summed E-state index contributed by atoms with van der Waals surface area (Å²) in [6.07, 6.45) is 2.47. The number of nitrogens with one attached hydrogen (secondary N) is 1. The maximum atomic E-state index is 10.8. The molecule has 5 nitrogen and oxygen atoms in total. The molecular weight excluding hydrogens is 210 g/mol. The summed E-state index contributed by atoms with van der Waals surface area (Å²) >= 11 is 0. The van der Waals surface area contributed by atoms with Gasteiger partial charge in [0.05, 0.1) is 0 Å². The van der Waals surface area contributed by atoms with Crippen molar-refractivity contribution < 1.29 is 19.8 Å². The Kier molecular flexibility index (Phi) is 4.23. The largest absolute Gasteiger partial charge is 0.478 e. The lowest BCUT2D eigenvalue weighted by Gasteiger charge is -2.02. The predicted molar refractivity (Wildman–Crippen MR) is 58.8 cm³/mol. The van der Waals surface area contributed by atoms with Crippen LogP contribution in [-0.2, 0) is 9.59 Å². The van der Waals surface area contributed by atoms with Crippen LogP contribution < -0.4 is 5.32 Å². The van der Waals surface area contributed by atoms with Gasteiger partial charge < -0.3 is 15.5 Å². The summed E-state index contributed by atoms with van der Waals surface area (Å²) < 4.78 is 0. The van der Waals surface area contributed by atoms with Crippen molar-refractivity contribution in [2.24, 2.45) is 0 Å². The molecule has 0 aromatic heterocycles. The van der Waals surface area contributed by atoms with Crippen LogP contribution in [0.25, 0.3) is 6.08 Å². The standard InChI is InChI=1S/C11H11NO4/c13-7-10(14)12-9-4-1-8(2-5-9)3-6-11(15)16/h1-6,13H,7H2,(H,12,14)(H,15,16)/b6-3+. The minimum atomic E-state index is -1.02. The molecular formula is C11H11NO4. The van der Waals surface area contributed by atoms with Crippen molar-refractivity contribution in [3.8, 4) is 0 Å². The normalized spacial score (nSPS) is 10.3. The zero-order valence-corrected chi connectivity index (χ0v) is 8.38. The summed E-state index contributed by atoms with van der Waals surface area (Å²) in [5.41, 5.74) is 1.26. The second-order valence-corrected chi connectivity index (χ2v) is 3.00. The van der Waals surface area contributed by atoms with Crippen molar-refractivity contribution in [1.82, 2.24) is 0 Å². The van der Waals surface area contributed by atoms with Gasteiger partial charge in [-0.15, -0.1) is 0 Å². The second-order valence-electron chi connectivity index (χ2n) is 3.00. The molecule has 0 radical (unpaired) electrons. The molecule has 5 heteroatoms.